The minimum absolute atomic E-state index is 0. The summed E-state index contributed by atoms with van der Waals surface area (Å²) in [6.07, 6.45) is -1.17. The van der Waals surface area contributed by atoms with E-state index in [2.05, 4.69) is 0 Å². The van der Waals surface area contributed by atoms with Crippen LogP contribution in [0.4, 0.5) is 0 Å². The van der Waals surface area contributed by atoms with Gasteiger partial charge < -0.3 is 59.1 Å². The zero-order valence-corrected chi connectivity index (χ0v) is 51.3. The third-order valence-electron chi connectivity index (χ3n) is 10.1. The molecule has 6 aliphatic heterocycles. The molecule has 0 aromatic heterocycles. The van der Waals surface area contributed by atoms with E-state index in [1.54, 1.807) is 0 Å². The normalized spacial score (nSPS) is 42.3. The van der Waals surface area contributed by atoms with Crippen LogP contribution in [0, 0.1) is 129 Å². The van der Waals surface area contributed by atoms with Crippen LogP contribution >= 0.6 is 0 Å². The minimum Gasteiger partial charge on any atom is -0.390 e. The Bertz CT molecular complexity index is 639. The van der Waals surface area contributed by atoms with Gasteiger partial charge in [0, 0.05) is 185 Å². The maximum absolute atomic E-state index is 9.14. The molecule has 6 rings (SSSR count). The van der Waals surface area contributed by atoms with Crippen molar-refractivity contribution in [1.29, 1.82) is 0 Å². The first-order valence-corrected chi connectivity index (χ1v) is 18.1. The molecule has 0 amide bonds. The molecule has 18 heteroatoms. The zero-order chi connectivity index (χ0) is 36.9. The van der Waals surface area contributed by atoms with Crippen LogP contribution in [0.25, 0.3) is 0 Å². The van der Waals surface area contributed by atoms with Crippen LogP contribution in [-0.4, -0.2) is 144 Å². The van der Waals surface area contributed by atoms with Crippen LogP contribution < -0.4 is 0 Å². The van der Waals surface area contributed by atoms with Crippen LogP contribution in [0.1, 0.15) is 83.1 Å². The van der Waals surface area contributed by atoms with E-state index in [1.807, 2.05) is 83.1 Å². The van der Waals surface area contributed by atoms with Crippen LogP contribution in [0.5, 0.6) is 0 Å². The number of ether oxygens (including phenoxy) is 6. The van der Waals surface area contributed by atoms with Crippen LogP contribution in [-0.2, 0) is 84.1 Å². The summed E-state index contributed by atoms with van der Waals surface area (Å²) in [4.78, 5) is 0. The van der Waals surface area contributed by atoms with Gasteiger partial charge in [0.1, 0.15) is 0 Å². The smallest absolute Gasteiger partial charge is 0.0846 e. The van der Waals surface area contributed by atoms with E-state index in [9.17, 15) is 0 Å². The standard InChI is InChI=1S/6C6H12O2.3U.3V/c6*1-4-3-8-5(2)6(4)7;;;;;;/h6*4-7H,3H2,1-2H3;;;;;;. The van der Waals surface area contributed by atoms with Crippen molar-refractivity contribution in [2.75, 3.05) is 39.6 Å². The molecule has 0 aromatic rings. The third kappa shape index (κ3) is 25.5. The molecule has 18 unspecified atom stereocenters. The van der Waals surface area contributed by atoms with E-state index in [0.29, 0.717) is 75.1 Å². The Labute approximate surface area is 434 Å². The van der Waals surface area contributed by atoms with Gasteiger partial charge in [0.25, 0.3) is 0 Å². The minimum atomic E-state index is -0.241. The summed E-state index contributed by atoms with van der Waals surface area (Å²) in [6, 6.07) is 0. The van der Waals surface area contributed by atoms with Gasteiger partial charge in [-0.25, -0.2) is 0 Å². The van der Waals surface area contributed by atoms with Gasteiger partial charge >= 0.3 is 0 Å². The second-order valence-corrected chi connectivity index (χ2v) is 15.0. The maximum atomic E-state index is 9.14. The first-order chi connectivity index (χ1) is 22.3. The van der Waals surface area contributed by atoms with Crippen molar-refractivity contribution in [3.05, 3.63) is 0 Å². The summed E-state index contributed by atoms with van der Waals surface area (Å²) in [5, 5.41) is 54.8. The van der Waals surface area contributed by atoms with Gasteiger partial charge in [-0.2, -0.15) is 0 Å². The van der Waals surface area contributed by atoms with Gasteiger partial charge in [0.05, 0.1) is 113 Å². The molecule has 12 nitrogen and oxygen atoms in total. The molecular formula is C36H72O12U3V3. The van der Waals surface area contributed by atoms with Gasteiger partial charge in [-0.05, 0) is 41.5 Å². The molecule has 3 radical (unpaired) electrons. The molecule has 0 bridgehead atoms. The molecular weight excluding hydrogens is 1490 g/mol. The summed E-state index contributed by atoms with van der Waals surface area (Å²) < 4.78 is 30.8. The molecule has 6 saturated heterocycles. The molecule has 18 atom stereocenters. The van der Waals surface area contributed by atoms with E-state index in [4.69, 9.17) is 59.1 Å². The number of aliphatic hydroxyl groups is 6. The Kier molecular flexibility index (Phi) is 47.9. The van der Waals surface area contributed by atoms with E-state index < -0.39 is 0 Å². The fourth-order valence-corrected chi connectivity index (χ4v) is 5.78. The quantitative estimate of drug-likeness (QED) is 0.210. The Balaban J connectivity index is -0.000000125. The van der Waals surface area contributed by atoms with Crippen molar-refractivity contribution in [2.24, 2.45) is 35.5 Å². The number of hydrogen-bond acceptors (Lipinski definition) is 12. The van der Waals surface area contributed by atoms with Crippen LogP contribution in [0.15, 0.2) is 0 Å². The summed E-state index contributed by atoms with van der Waals surface area (Å²) in [6.45, 7) is 27.6. The molecule has 54 heavy (non-hydrogen) atoms. The van der Waals surface area contributed by atoms with Crippen molar-refractivity contribution >= 4 is 0 Å². The Hall–Kier alpha value is 4.43. The fraction of sp³-hybridized carbons (Fsp3) is 1.00. The molecule has 0 saturated carbocycles. The van der Waals surface area contributed by atoms with E-state index in [1.165, 1.54) is 0 Å². The first kappa shape index (κ1) is 70.1. The van der Waals surface area contributed by atoms with Crippen LogP contribution in [0.3, 0.4) is 0 Å². The molecule has 0 spiro atoms. The first-order valence-electron chi connectivity index (χ1n) is 18.1. The Morgan fingerprint density at radius 2 is 0.352 bits per heavy atom. The predicted octanol–water partition coefficient (Wildman–Crippen LogP) is 2.41. The molecule has 6 aliphatic rings. The van der Waals surface area contributed by atoms with E-state index in [0.717, 1.165) is 0 Å². The monoisotopic (exact) mass is 1560 g/mol. The van der Waals surface area contributed by atoms with Gasteiger partial charge in [0.2, 0.25) is 0 Å². The molecule has 315 valence electrons. The van der Waals surface area contributed by atoms with Gasteiger partial charge in [-0.15, -0.1) is 0 Å². The second kappa shape index (κ2) is 36.9. The summed E-state index contributed by atoms with van der Waals surface area (Å²) in [5.41, 5.74) is 0. The van der Waals surface area contributed by atoms with Crippen molar-refractivity contribution in [3.63, 3.8) is 0 Å². The summed E-state index contributed by atoms with van der Waals surface area (Å²) in [7, 11) is 0. The number of rotatable bonds is 0. The molecule has 6 fully saturated rings. The number of aliphatic hydroxyl groups excluding tert-OH is 6. The van der Waals surface area contributed by atoms with Crippen molar-refractivity contribution in [2.45, 2.75) is 156 Å². The predicted molar refractivity (Wildman–Crippen MR) is 184 cm³/mol. The van der Waals surface area contributed by atoms with Crippen molar-refractivity contribution in [1.82, 2.24) is 0 Å². The van der Waals surface area contributed by atoms with Crippen LogP contribution in [0.2, 0.25) is 0 Å². The summed E-state index contributed by atoms with van der Waals surface area (Å²) >= 11 is 0. The Morgan fingerprint density at radius 1 is 0.259 bits per heavy atom. The van der Waals surface area contributed by atoms with Gasteiger partial charge in [-0.3, -0.25) is 0 Å². The fourth-order valence-electron chi connectivity index (χ4n) is 5.78. The topological polar surface area (TPSA) is 177 Å². The summed E-state index contributed by atoms with van der Waals surface area (Å²) in [5.74, 6) is 1.94. The largest absolute Gasteiger partial charge is 0.390 e. The second-order valence-electron chi connectivity index (χ2n) is 15.0. The maximum Gasteiger partial charge on any atom is 0.0846 e. The molecule has 0 aromatic carbocycles. The average molecular weight is 1560 g/mol. The van der Waals surface area contributed by atoms with Crippen molar-refractivity contribution < 1.29 is 208 Å². The van der Waals surface area contributed by atoms with Crippen molar-refractivity contribution in [3.8, 4) is 0 Å². The zero-order valence-electron chi connectivity index (χ0n) is 34.6. The average Bonchev–Trinajstić information content (AvgIpc) is 3.87. The van der Waals surface area contributed by atoms with Gasteiger partial charge in [0.15, 0.2) is 0 Å². The van der Waals surface area contributed by atoms with E-state index >= 15 is 0 Å². The molecule has 6 heterocycles. The number of hydrogen-bond donors (Lipinski definition) is 6. The third-order valence-corrected chi connectivity index (χ3v) is 10.1. The van der Waals surface area contributed by atoms with Gasteiger partial charge in [-0.1, -0.05) is 41.5 Å². The molecule has 0 aliphatic carbocycles. The SMILES string of the molecule is CC1COC(C)C1O.CC1COC(C)C1O.CC1COC(C)C1O.CC1COC(C)C1O.CC1COC(C)C1O.CC1COC(C)C1O.[U].[U].[U].[V].[V].[V]. The van der Waals surface area contributed by atoms with E-state index in [-0.39, 0.29) is 222 Å². The molecule has 6 N–H and O–H groups in total. The Morgan fingerprint density at radius 3 is 0.370 bits per heavy atom.